The van der Waals surface area contributed by atoms with Gasteiger partial charge in [0.2, 0.25) is 0 Å². The first-order valence-corrected chi connectivity index (χ1v) is 5.09. The summed E-state index contributed by atoms with van der Waals surface area (Å²) in [5.41, 5.74) is 0. The number of carbonyl (C=O) groups excluding carboxylic acids is 1. The maximum absolute atomic E-state index is 11.3. The van der Waals surface area contributed by atoms with Crippen LogP contribution < -0.4 is 0 Å². The molecule has 84 valence electrons. The SMILES string of the molecule is CC(=O)C1CC(OCCO)CN1CB=O. The molecule has 1 N–H and O–H groups in total. The van der Waals surface area contributed by atoms with Crippen molar-refractivity contribution < 1.29 is 19.3 Å². The van der Waals surface area contributed by atoms with Crippen molar-refractivity contribution in [3.8, 4) is 0 Å². The number of nitrogens with zero attached hydrogens (tertiary/aromatic N) is 1. The van der Waals surface area contributed by atoms with Gasteiger partial charge in [-0.3, -0.25) is 0 Å². The summed E-state index contributed by atoms with van der Waals surface area (Å²) in [7, 11) is 0.796. The average molecular weight is 213 g/mol. The first-order valence-electron chi connectivity index (χ1n) is 5.09. The zero-order chi connectivity index (χ0) is 11.3. The number of ether oxygens (including phenoxy) is 1. The van der Waals surface area contributed by atoms with Gasteiger partial charge in [0.05, 0.1) is 0 Å². The predicted molar refractivity (Wildman–Crippen MR) is 53.9 cm³/mol. The van der Waals surface area contributed by atoms with Crippen LogP contribution in [0.4, 0.5) is 0 Å². The number of aliphatic hydroxyl groups is 1. The Morgan fingerprint density at radius 3 is 2.93 bits per heavy atom. The summed E-state index contributed by atoms with van der Waals surface area (Å²) in [4.78, 5) is 13.1. The summed E-state index contributed by atoms with van der Waals surface area (Å²) < 4.78 is 15.8. The second-order valence-electron chi connectivity index (χ2n) is 3.70. The second-order valence-corrected chi connectivity index (χ2v) is 3.70. The molecule has 0 aliphatic carbocycles. The molecule has 0 spiro atoms. The fourth-order valence-corrected chi connectivity index (χ4v) is 1.92. The molecule has 5 nitrogen and oxygen atoms in total. The van der Waals surface area contributed by atoms with Crippen LogP contribution in [0.15, 0.2) is 0 Å². The minimum absolute atomic E-state index is 0.0189. The molecular formula is C9H16BNO4. The van der Waals surface area contributed by atoms with Crippen molar-refractivity contribution in [1.82, 2.24) is 4.90 Å². The topological polar surface area (TPSA) is 66.8 Å². The van der Waals surface area contributed by atoms with E-state index in [0.29, 0.717) is 13.0 Å². The molecule has 1 aliphatic rings. The van der Waals surface area contributed by atoms with Gasteiger partial charge >= 0.3 is 88.9 Å². The summed E-state index contributed by atoms with van der Waals surface area (Å²) >= 11 is 0. The van der Waals surface area contributed by atoms with Crippen LogP contribution in [0, 0.1) is 0 Å². The maximum atomic E-state index is 11.3. The van der Waals surface area contributed by atoms with Crippen molar-refractivity contribution in [3.05, 3.63) is 0 Å². The van der Waals surface area contributed by atoms with E-state index in [4.69, 9.17) is 9.84 Å². The molecule has 0 radical (unpaired) electrons. The van der Waals surface area contributed by atoms with E-state index in [1.165, 1.54) is 6.92 Å². The fraction of sp³-hybridized carbons (Fsp3) is 0.889. The molecule has 0 aromatic carbocycles. The van der Waals surface area contributed by atoms with E-state index >= 15 is 0 Å². The Balaban J connectivity index is 2.48. The fourth-order valence-electron chi connectivity index (χ4n) is 1.92. The molecule has 2 unspecified atom stereocenters. The molecule has 0 bridgehead atoms. The first-order chi connectivity index (χ1) is 7.19. The molecule has 1 saturated heterocycles. The molecule has 1 heterocycles. The molecule has 1 fully saturated rings. The molecule has 0 saturated carbocycles. The van der Waals surface area contributed by atoms with Gasteiger partial charge in [-0.05, 0) is 0 Å². The standard InChI is InChI=1S/C9H16BNO4/c1-7(13)9-4-8(15-3-2-12)5-11(9)6-10-14/h8-9,12H,2-6H2,1H3. The molecule has 1 aliphatic heterocycles. The van der Waals surface area contributed by atoms with Crippen molar-refractivity contribution in [2.45, 2.75) is 25.5 Å². The number of hydrogen-bond donors (Lipinski definition) is 1. The minimum atomic E-state index is -0.209. The molecule has 15 heavy (non-hydrogen) atoms. The van der Waals surface area contributed by atoms with Crippen LogP contribution in [0.3, 0.4) is 0 Å². The van der Waals surface area contributed by atoms with Gasteiger partial charge in [-0.15, -0.1) is 0 Å². The van der Waals surface area contributed by atoms with E-state index in [2.05, 4.69) is 0 Å². The zero-order valence-corrected chi connectivity index (χ0v) is 8.89. The van der Waals surface area contributed by atoms with Crippen molar-refractivity contribution in [3.63, 3.8) is 0 Å². The van der Waals surface area contributed by atoms with E-state index in [0.717, 1.165) is 7.15 Å². The predicted octanol–water partition coefficient (Wildman–Crippen LogP) is -0.966. The van der Waals surface area contributed by atoms with Crippen molar-refractivity contribution in [2.24, 2.45) is 0 Å². The zero-order valence-electron chi connectivity index (χ0n) is 8.89. The number of hydrogen-bond acceptors (Lipinski definition) is 5. The van der Waals surface area contributed by atoms with Crippen LogP contribution in [-0.4, -0.2) is 61.3 Å². The van der Waals surface area contributed by atoms with Gasteiger partial charge < -0.3 is 0 Å². The first kappa shape index (κ1) is 12.5. The molecule has 0 amide bonds. The monoisotopic (exact) mass is 213 g/mol. The van der Waals surface area contributed by atoms with Gasteiger partial charge in [-0.25, -0.2) is 0 Å². The molecule has 1 rings (SSSR count). The van der Waals surface area contributed by atoms with Gasteiger partial charge in [0.1, 0.15) is 0 Å². The van der Waals surface area contributed by atoms with E-state index in [9.17, 15) is 9.50 Å². The number of aliphatic hydroxyl groups excluding tert-OH is 1. The third kappa shape index (κ3) is 3.48. The van der Waals surface area contributed by atoms with Crippen LogP contribution in [-0.2, 0) is 14.2 Å². The summed E-state index contributed by atoms with van der Waals surface area (Å²) in [5, 5.41) is 8.61. The number of Topliss-reactive ketones (excluding diaryl/α,β-unsaturated/α-hetero) is 1. The molecule has 0 aromatic heterocycles. The van der Waals surface area contributed by atoms with Crippen LogP contribution in [0.2, 0.25) is 0 Å². The number of carbonyl (C=O) groups is 1. The summed E-state index contributed by atoms with van der Waals surface area (Å²) in [6.45, 7) is 2.37. The second kappa shape index (κ2) is 6.10. The van der Waals surface area contributed by atoms with Crippen molar-refractivity contribution >= 4 is 12.9 Å². The Bertz CT molecular complexity index is 236. The van der Waals surface area contributed by atoms with E-state index in [-0.39, 0.29) is 37.6 Å². The Hall–Kier alpha value is -0.585. The van der Waals surface area contributed by atoms with Crippen molar-refractivity contribution in [2.75, 3.05) is 26.2 Å². The third-order valence-electron chi connectivity index (χ3n) is 2.59. The Kier molecular flexibility index (Phi) is 5.07. The average Bonchev–Trinajstić information content (AvgIpc) is 2.59. The van der Waals surface area contributed by atoms with Gasteiger partial charge in [-0.2, -0.15) is 0 Å². The van der Waals surface area contributed by atoms with Gasteiger partial charge in [0.25, 0.3) is 0 Å². The van der Waals surface area contributed by atoms with Crippen LogP contribution >= 0.6 is 0 Å². The summed E-state index contributed by atoms with van der Waals surface area (Å²) in [6.07, 6.45) is 0.831. The van der Waals surface area contributed by atoms with E-state index in [1.807, 2.05) is 4.90 Å². The van der Waals surface area contributed by atoms with Crippen LogP contribution in [0.25, 0.3) is 0 Å². The van der Waals surface area contributed by atoms with E-state index in [1.54, 1.807) is 0 Å². The van der Waals surface area contributed by atoms with Crippen LogP contribution in [0.1, 0.15) is 13.3 Å². The quantitative estimate of drug-likeness (QED) is 0.575. The Morgan fingerprint density at radius 2 is 2.40 bits per heavy atom. The van der Waals surface area contributed by atoms with Gasteiger partial charge in [-0.1, -0.05) is 0 Å². The van der Waals surface area contributed by atoms with Gasteiger partial charge in [0.15, 0.2) is 0 Å². The number of rotatable bonds is 6. The molecule has 6 heteroatoms. The normalized spacial score (nSPS) is 26.5. The summed E-state index contributed by atoms with van der Waals surface area (Å²) in [6, 6.07) is -0.209. The third-order valence-corrected chi connectivity index (χ3v) is 2.59. The number of likely N-dealkylation sites (tertiary alicyclic amines) is 1. The molecular weight excluding hydrogens is 197 g/mol. The Morgan fingerprint density at radius 1 is 1.67 bits per heavy atom. The number of ketones is 1. The van der Waals surface area contributed by atoms with E-state index < -0.39 is 0 Å². The Labute approximate surface area is 89.6 Å². The van der Waals surface area contributed by atoms with Crippen molar-refractivity contribution in [1.29, 1.82) is 0 Å². The summed E-state index contributed by atoms with van der Waals surface area (Å²) in [5.74, 6) is 0.0620. The molecule has 0 aromatic rings. The van der Waals surface area contributed by atoms with Crippen LogP contribution in [0.5, 0.6) is 0 Å². The van der Waals surface area contributed by atoms with Gasteiger partial charge in [0, 0.05) is 0 Å². The molecule has 2 atom stereocenters.